The van der Waals surface area contributed by atoms with E-state index >= 15 is 0 Å². The molecule has 1 amide bonds. The van der Waals surface area contributed by atoms with Crippen molar-refractivity contribution in [1.82, 2.24) is 4.90 Å². The highest BCUT2D eigenvalue weighted by molar-refractivity contribution is 5.97. The first-order chi connectivity index (χ1) is 8.91. The van der Waals surface area contributed by atoms with E-state index in [9.17, 15) is 15.0 Å². The molecule has 1 aromatic rings. The topological polar surface area (TPSA) is 60.8 Å². The van der Waals surface area contributed by atoms with Crippen LogP contribution in [0.3, 0.4) is 0 Å². The molecule has 2 N–H and O–H groups in total. The summed E-state index contributed by atoms with van der Waals surface area (Å²) in [7, 11) is 0. The molecule has 0 spiro atoms. The van der Waals surface area contributed by atoms with Gasteiger partial charge in [0.1, 0.15) is 0 Å². The minimum absolute atomic E-state index is 0.180. The number of hydrogen-bond donors (Lipinski definition) is 2. The van der Waals surface area contributed by atoms with E-state index in [1.54, 1.807) is 17.0 Å². The lowest BCUT2D eigenvalue weighted by Gasteiger charge is -2.23. The van der Waals surface area contributed by atoms with E-state index in [4.69, 9.17) is 0 Å². The number of rotatable bonds is 1. The van der Waals surface area contributed by atoms with Crippen LogP contribution in [0, 0.1) is 5.41 Å². The third-order valence-electron chi connectivity index (χ3n) is 3.87. The third kappa shape index (κ3) is 3.00. The van der Waals surface area contributed by atoms with Crippen molar-refractivity contribution in [2.24, 2.45) is 5.41 Å². The number of hydrogen-bond acceptors (Lipinski definition) is 3. The molecule has 4 nitrogen and oxygen atoms in total. The predicted molar refractivity (Wildman–Crippen MR) is 73.3 cm³/mol. The largest absolute Gasteiger partial charge is 0.504 e. The molecule has 0 unspecified atom stereocenters. The fourth-order valence-electron chi connectivity index (χ4n) is 2.50. The highest BCUT2D eigenvalue weighted by Gasteiger charge is 2.27. The number of carbonyl (C=O) groups excluding carboxylic acids is 1. The summed E-state index contributed by atoms with van der Waals surface area (Å²) < 4.78 is 0. The lowest BCUT2D eigenvalue weighted by atomic mass is 9.85. The molecule has 1 saturated heterocycles. The molecule has 0 aliphatic carbocycles. The Kier molecular flexibility index (Phi) is 3.69. The number of para-hydroxylation sites is 1. The second-order valence-corrected chi connectivity index (χ2v) is 5.98. The van der Waals surface area contributed by atoms with Crippen molar-refractivity contribution in [2.45, 2.75) is 33.1 Å². The molecule has 1 aliphatic heterocycles. The van der Waals surface area contributed by atoms with Crippen molar-refractivity contribution in [1.29, 1.82) is 0 Å². The molecule has 0 saturated carbocycles. The summed E-state index contributed by atoms with van der Waals surface area (Å²) in [6, 6.07) is 4.50. The summed E-state index contributed by atoms with van der Waals surface area (Å²) in [5.41, 5.74) is 0.440. The zero-order valence-corrected chi connectivity index (χ0v) is 11.5. The van der Waals surface area contributed by atoms with Crippen molar-refractivity contribution < 1.29 is 15.0 Å². The van der Waals surface area contributed by atoms with Crippen molar-refractivity contribution in [3.05, 3.63) is 23.8 Å². The Morgan fingerprint density at radius 2 is 1.95 bits per heavy atom. The van der Waals surface area contributed by atoms with Gasteiger partial charge in [-0.25, -0.2) is 0 Å². The van der Waals surface area contributed by atoms with Crippen LogP contribution in [-0.4, -0.2) is 34.1 Å². The van der Waals surface area contributed by atoms with Crippen LogP contribution in [0.2, 0.25) is 0 Å². The molecule has 0 aromatic heterocycles. The van der Waals surface area contributed by atoms with Crippen molar-refractivity contribution in [2.75, 3.05) is 13.1 Å². The number of likely N-dealkylation sites (tertiary alicyclic amines) is 1. The van der Waals surface area contributed by atoms with Crippen LogP contribution in [0.25, 0.3) is 0 Å². The van der Waals surface area contributed by atoms with Crippen LogP contribution in [0.15, 0.2) is 18.2 Å². The van der Waals surface area contributed by atoms with Gasteiger partial charge in [-0.05, 0) is 36.8 Å². The number of phenols is 2. The molecular weight excluding hydrogens is 242 g/mol. The third-order valence-corrected chi connectivity index (χ3v) is 3.87. The fourth-order valence-corrected chi connectivity index (χ4v) is 2.50. The summed E-state index contributed by atoms with van der Waals surface area (Å²) >= 11 is 0. The molecule has 1 heterocycles. The molecule has 4 heteroatoms. The molecule has 1 fully saturated rings. The predicted octanol–water partition coefficient (Wildman–Crippen LogP) is 2.75. The molecule has 1 aromatic carbocycles. The summed E-state index contributed by atoms with van der Waals surface area (Å²) in [6.45, 7) is 5.83. The van der Waals surface area contributed by atoms with Gasteiger partial charge in [0.05, 0.1) is 5.56 Å². The number of phenolic OH excluding ortho intramolecular Hbond substituents is 2. The van der Waals surface area contributed by atoms with Crippen LogP contribution < -0.4 is 0 Å². The first-order valence-electron chi connectivity index (χ1n) is 6.71. The maximum atomic E-state index is 12.4. The minimum Gasteiger partial charge on any atom is -0.504 e. The maximum Gasteiger partial charge on any atom is 0.257 e. The Morgan fingerprint density at radius 1 is 1.21 bits per heavy atom. The lowest BCUT2D eigenvalue weighted by molar-refractivity contribution is 0.0753. The van der Waals surface area contributed by atoms with E-state index in [0.29, 0.717) is 13.1 Å². The van der Waals surface area contributed by atoms with Crippen LogP contribution in [0.1, 0.15) is 43.5 Å². The van der Waals surface area contributed by atoms with Crippen molar-refractivity contribution in [3.8, 4) is 11.5 Å². The van der Waals surface area contributed by atoms with Gasteiger partial charge in [-0.1, -0.05) is 19.9 Å². The van der Waals surface area contributed by atoms with Crippen LogP contribution in [-0.2, 0) is 0 Å². The zero-order chi connectivity index (χ0) is 14.0. The number of benzene rings is 1. The van der Waals surface area contributed by atoms with E-state index in [1.165, 1.54) is 6.07 Å². The smallest absolute Gasteiger partial charge is 0.257 e. The summed E-state index contributed by atoms with van der Waals surface area (Å²) in [4.78, 5) is 14.2. The van der Waals surface area contributed by atoms with E-state index in [0.717, 1.165) is 19.3 Å². The number of amides is 1. The summed E-state index contributed by atoms with van der Waals surface area (Å²) in [6.07, 6.45) is 3.03. The normalized spacial score (nSPS) is 18.9. The van der Waals surface area contributed by atoms with Crippen LogP contribution in [0.5, 0.6) is 11.5 Å². The van der Waals surface area contributed by atoms with Crippen molar-refractivity contribution >= 4 is 5.91 Å². The number of nitrogens with zero attached hydrogens (tertiary/aromatic N) is 1. The molecule has 0 atom stereocenters. The molecule has 19 heavy (non-hydrogen) atoms. The molecule has 0 radical (unpaired) electrons. The maximum absolute atomic E-state index is 12.4. The van der Waals surface area contributed by atoms with E-state index in [1.807, 2.05) is 0 Å². The Balaban J connectivity index is 2.18. The average Bonchev–Trinajstić information content (AvgIpc) is 2.53. The molecule has 0 bridgehead atoms. The Hall–Kier alpha value is -1.71. The first-order valence-corrected chi connectivity index (χ1v) is 6.71. The number of aromatic hydroxyl groups is 2. The molecular formula is C15H21NO3. The van der Waals surface area contributed by atoms with E-state index in [-0.39, 0.29) is 28.4 Å². The minimum atomic E-state index is -0.323. The lowest BCUT2D eigenvalue weighted by Crippen LogP contribution is -2.32. The SMILES string of the molecule is CC1(C)CCCN(C(=O)c2cccc(O)c2O)CC1. The second-order valence-electron chi connectivity index (χ2n) is 5.98. The van der Waals surface area contributed by atoms with E-state index in [2.05, 4.69) is 13.8 Å². The molecule has 104 valence electrons. The van der Waals surface area contributed by atoms with Gasteiger partial charge in [-0.2, -0.15) is 0 Å². The quantitative estimate of drug-likeness (QED) is 0.766. The molecule has 1 aliphatic rings. The van der Waals surface area contributed by atoms with E-state index < -0.39 is 0 Å². The first kappa shape index (κ1) is 13.7. The van der Waals surface area contributed by atoms with Gasteiger partial charge in [0.25, 0.3) is 5.91 Å². The van der Waals surface area contributed by atoms with Gasteiger partial charge in [-0.3, -0.25) is 4.79 Å². The van der Waals surface area contributed by atoms with Gasteiger partial charge in [0.15, 0.2) is 11.5 Å². The standard InChI is InChI=1S/C15H21NO3/c1-15(2)7-4-9-16(10-8-15)14(19)11-5-3-6-12(17)13(11)18/h3,5-6,17-18H,4,7-10H2,1-2H3. The van der Waals surface area contributed by atoms with Gasteiger partial charge in [0.2, 0.25) is 0 Å². The van der Waals surface area contributed by atoms with Gasteiger partial charge in [0, 0.05) is 13.1 Å². The number of carbonyl (C=O) groups is 1. The molecule has 2 rings (SSSR count). The average molecular weight is 263 g/mol. The highest BCUT2D eigenvalue weighted by Crippen LogP contribution is 2.32. The van der Waals surface area contributed by atoms with Crippen LogP contribution >= 0.6 is 0 Å². The van der Waals surface area contributed by atoms with Crippen LogP contribution in [0.4, 0.5) is 0 Å². The Labute approximate surface area is 113 Å². The summed E-state index contributed by atoms with van der Waals surface area (Å²) in [5.74, 6) is -0.775. The fraction of sp³-hybridized carbons (Fsp3) is 0.533. The summed E-state index contributed by atoms with van der Waals surface area (Å²) in [5, 5.41) is 19.2. The zero-order valence-electron chi connectivity index (χ0n) is 11.5. The van der Waals surface area contributed by atoms with Gasteiger partial charge < -0.3 is 15.1 Å². The highest BCUT2D eigenvalue weighted by atomic mass is 16.3. The Morgan fingerprint density at radius 3 is 2.68 bits per heavy atom. The van der Waals surface area contributed by atoms with Gasteiger partial charge >= 0.3 is 0 Å². The van der Waals surface area contributed by atoms with Gasteiger partial charge in [-0.15, -0.1) is 0 Å². The monoisotopic (exact) mass is 263 g/mol. The second kappa shape index (κ2) is 5.11. The van der Waals surface area contributed by atoms with Crippen molar-refractivity contribution in [3.63, 3.8) is 0 Å². The Bertz CT molecular complexity index is 482.